The van der Waals surface area contributed by atoms with E-state index in [2.05, 4.69) is 33.3 Å². The van der Waals surface area contributed by atoms with Crippen molar-refractivity contribution in [3.63, 3.8) is 0 Å². The summed E-state index contributed by atoms with van der Waals surface area (Å²) >= 11 is 3.40. The van der Waals surface area contributed by atoms with E-state index in [1.807, 2.05) is 24.3 Å². The molecule has 0 saturated carbocycles. The van der Waals surface area contributed by atoms with Gasteiger partial charge in [0, 0.05) is 17.2 Å². The minimum atomic E-state index is -0.0603. The lowest BCUT2D eigenvalue weighted by molar-refractivity contribution is 0.0953. The van der Waals surface area contributed by atoms with Crippen LogP contribution in [-0.2, 0) is 0 Å². The number of carbonyl (C=O) groups excluding carboxylic acids is 1. The van der Waals surface area contributed by atoms with Crippen molar-refractivity contribution < 1.29 is 4.79 Å². The van der Waals surface area contributed by atoms with Gasteiger partial charge < -0.3 is 5.32 Å². The van der Waals surface area contributed by atoms with Gasteiger partial charge in [0.05, 0.1) is 17.4 Å². The first-order valence-corrected chi connectivity index (χ1v) is 8.09. The number of nitrogens with one attached hydrogen (secondary N) is 1. The van der Waals surface area contributed by atoms with Crippen LogP contribution in [0.1, 0.15) is 43.0 Å². The van der Waals surface area contributed by atoms with Crippen LogP contribution in [0.25, 0.3) is 5.69 Å². The Morgan fingerprint density at radius 3 is 2.71 bits per heavy atom. The highest BCUT2D eigenvalue weighted by molar-refractivity contribution is 9.10. The Balaban J connectivity index is 1.90. The highest BCUT2D eigenvalue weighted by Crippen LogP contribution is 2.14. The number of hydrogen-bond acceptors (Lipinski definition) is 2. The minimum absolute atomic E-state index is 0.0603. The van der Waals surface area contributed by atoms with Gasteiger partial charge in [-0.15, -0.1) is 0 Å². The first kappa shape index (κ1) is 15.8. The maximum absolute atomic E-state index is 12.0. The van der Waals surface area contributed by atoms with Crippen LogP contribution in [0.5, 0.6) is 0 Å². The van der Waals surface area contributed by atoms with Gasteiger partial charge in [0.1, 0.15) is 0 Å². The summed E-state index contributed by atoms with van der Waals surface area (Å²) in [6, 6.07) is 7.79. The molecule has 0 radical (unpaired) electrons. The van der Waals surface area contributed by atoms with Crippen molar-refractivity contribution in [1.29, 1.82) is 0 Å². The molecule has 1 N–H and O–H groups in total. The third kappa shape index (κ3) is 4.70. The molecule has 2 aromatic rings. The van der Waals surface area contributed by atoms with Crippen molar-refractivity contribution in [2.24, 2.45) is 0 Å². The molecule has 0 aliphatic carbocycles. The van der Waals surface area contributed by atoms with Crippen LogP contribution in [0.3, 0.4) is 0 Å². The van der Waals surface area contributed by atoms with E-state index in [9.17, 15) is 4.79 Å². The molecule has 0 spiro atoms. The van der Waals surface area contributed by atoms with Crippen molar-refractivity contribution >= 4 is 21.8 Å². The van der Waals surface area contributed by atoms with E-state index in [4.69, 9.17) is 0 Å². The summed E-state index contributed by atoms with van der Waals surface area (Å²) in [6.45, 7) is 2.90. The molecule has 1 amide bonds. The highest BCUT2D eigenvalue weighted by atomic mass is 79.9. The zero-order valence-corrected chi connectivity index (χ0v) is 13.8. The molecule has 1 heterocycles. The number of unbranched alkanes of at least 4 members (excludes halogenated alkanes) is 3. The summed E-state index contributed by atoms with van der Waals surface area (Å²) in [5.41, 5.74) is 1.52. The molecule has 112 valence electrons. The maximum atomic E-state index is 12.0. The topological polar surface area (TPSA) is 46.9 Å². The van der Waals surface area contributed by atoms with Gasteiger partial charge in [-0.3, -0.25) is 4.79 Å². The third-order valence-corrected chi connectivity index (χ3v) is 3.78. The van der Waals surface area contributed by atoms with Crippen molar-refractivity contribution in [3.05, 3.63) is 46.7 Å². The molecule has 0 fully saturated rings. The van der Waals surface area contributed by atoms with Crippen LogP contribution in [0.4, 0.5) is 0 Å². The number of halogens is 1. The zero-order valence-electron chi connectivity index (χ0n) is 12.2. The molecule has 5 heteroatoms. The number of rotatable bonds is 7. The number of carbonyl (C=O) groups is 1. The minimum Gasteiger partial charge on any atom is -0.352 e. The third-order valence-electron chi connectivity index (χ3n) is 3.25. The lowest BCUT2D eigenvalue weighted by Crippen LogP contribution is -2.24. The van der Waals surface area contributed by atoms with Gasteiger partial charge in [0.15, 0.2) is 0 Å². The summed E-state index contributed by atoms with van der Waals surface area (Å²) in [6.07, 6.45) is 7.97. The normalized spacial score (nSPS) is 10.6. The average molecular weight is 350 g/mol. The molecule has 4 nitrogen and oxygen atoms in total. The first-order chi connectivity index (χ1) is 10.2. The van der Waals surface area contributed by atoms with Gasteiger partial charge in [0.2, 0.25) is 0 Å². The molecule has 0 atom stereocenters. The number of benzene rings is 1. The predicted molar refractivity (Wildman–Crippen MR) is 87.7 cm³/mol. The molecule has 2 rings (SSSR count). The van der Waals surface area contributed by atoms with Crippen molar-refractivity contribution in [3.8, 4) is 5.69 Å². The smallest absolute Gasteiger partial charge is 0.254 e. The van der Waals surface area contributed by atoms with Crippen LogP contribution in [0.15, 0.2) is 41.1 Å². The van der Waals surface area contributed by atoms with E-state index in [0.717, 1.165) is 29.5 Å². The molecule has 0 unspecified atom stereocenters. The maximum Gasteiger partial charge on any atom is 0.254 e. The zero-order chi connectivity index (χ0) is 15.1. The van der Waals surface area contributed by atoms with Crippen LogP contribution in [0, 0.1) is 0 Å². The Hall–Kier alpha value is -1.62. The van der Waals surface area contributed by atoms with E-state index in [-0.39, 0.29) is 5.91 Å². The van der Waals surface area contributed by atoms with Gasteiger partial charge >= 0.3 is 0 Å². The average Bonchev–Trinajstić information content (AvgIpc) is 2.97. The van der Waals surface area contributed by atoms with Crippen LogP contribution in [0.2, 0.25) is 0 Å². The van der Waals surface area contributed by atoms with Gasteiger partial charge in [-0.2, -0.15) is 5.10 Å². The largest absolute Gasteiger partial charge is 0.352 e. The van der Waals surface area contributed by atoms with Gasteiger partial charge in [-0.05, 0) is 30.7 Å². The molecule has 1 aromatic carbocycles. The summed E-state index contributed by atoms with van der Waals surface area (Å²) in [7, 11) is 0. The van der Waals surface area contributed by atoms with Gasteiger partial charge in [0.25, 0.3) is 5.91 Å². The highest BCUT2D eigenvalue weighted by Gasteiger charge is 2.08. The van der Waals surface area contributed by atoms with Crippen LogP contribution < -0.4 is 5.32 Å². The Labute approximate surface area is 133 Å². The number of amides is 1. The predicted octanol–water partition coefficient (Wildman–Crippen LogP) is 3.94. The van der Waals surface area contributed by atoms with Crippen molar-refractivity contribution in [2.45, 2.75) is 32.6 Å². The monoisotopic (exact) mass is 349 g/mol. The van der Waals surface area contributed by atoms with E-state index >= 15 is 0 Å². The van der Waals surface area contributed by atoms with E-state index in [0.29, 0.717) is 5.56 Å². The summed E-state index contributed by atoms with van der Waals surface area (Å²) in [5, 5.41) is 7.17. The second-order valence-corrected chi connectivity index (χ2v) is 5.88. The fraction of sp³-hybridized carbons (Fsp3) is 0.375. The molecule has 0 aliphatic heterocycles. The number of hydrogen-bond donors (Lipinski definition) is 1. The van der Waals surface area contributed by atoms with E-state index < -0.39 is 0 Å². The molecular formula is C16H20BrN3O. The Kier molecular flexibility index (Phi) is 5.99. The lowest BCUT2D eigenvalue weighted by Gasteiger charge is -2.03. The molecule has 0 aliphatic rings. The molecular weight excluding hydrogens is 330 g/mol. The Morgan fingerprint density at radius 1 is 1.24 bits per heavy atom. The van der Waals surface area contributed by atoms with Crippen LogP contribution >= 0.6 is 15.9 Å². The van der Waals surface area contributed by atoms with E-state index in [1.165, 1.54) is 12.8 Å². The second kappa shape index (κ2) is 7.98. The fourth-order valence-electron chi connectivity index (χ4n) is 2.03. The fourth-order valence-corrected chi connectivity index (χ4v) is 2.30. The van der Waals surface area contributed by atoms with Crippen molar-refractivity contribution in [2.75, 3.05) is 6.54 Å². The quantitative estimate of drug-likeness (QED) is 0.769. The van der Waals surface area contributed by atoms with Crippen LogP contribution in [-0.4, -0.2) is 22.2 Å². The Morgan fingerprint density at radius 2 is 2.00 bits per heavy atom. The van der Waals surface area contributed by atoms with Gasteiger partial charge in [-0.1, -0.05) is 42.1 Å². The number of nitrogens with zero attached hydrogens (tertiary/aromatic N) is 2. The number of aromatic nitrogens is 2. The SMILES string of the molecule is CCCCCCNC(=O)c1cnn(-c2ccc(Br)cc2)c1. The summed E-state index contributed by atoms with van der Waals surface area (Å²) < 4.78 is 2.72. The Bertz CT molecular complexity index is 577. The summed E-state index contributed by atoms with van der Waals surface area (Å²) in [4.78, 5) is 12.0. The molecule has 1 aromatic heterocycles. The molecule has 0 saturated heterocycles. The van der Waals surface area contributed by atoms with E-state index in [1.54, 1.807) is 17.1 Å². The van der Waals surface area contributed by atoms with Gasteiger partial charge in [-0.25, -0.2) is 4.68 Å². The second-order valence-electron chi connectivity index (χ2n) is 4.97. The summed E-state index contributed by atoms with van der Waals surface area (Å²) in [5.74, 6) is -0.0603. The van der Waals surface area contributed by atoms with Crippen molar-refractivity contribution in [1.82, 2.24) is 15.1 Å². The molecule has 21 heavy (non-hydrogen) atoms. The molecule has 0 bridgehead atoms. The first-order valence-electron chi connectivity index (χ1n) is 7.29. The standard InChI is InChI=1S/C16H20BrN3O/c1-2-3-4-5-10-18-16(21)13-11-19-20(12-13)15-8-6-14(17)7-9-15/h6-9,11-12H,2-5,10H2,1H3,(H,18,21). The lowest BCUT2D eigenvalue weighted by atomic mass is 10.2.